The van der Waals surface area contributed by atoms with E-state index in [1.165, 1.54) is 48.0 Å². The van der Waals surface area contributed by atoms with Crippen molar-refractivity contribution >= 4 is 70.4 Å². The van der Waals surface area contributed by atoms with Gasteiger partial charge in [-0.2, -0.15) is 0 Å². The first-order chi connectivity index (χ1) is 31.8. The third-order valence-electron chi connectivity index (χ3n) is 13.0. The molecule has 64 heavy (non-hydrogen) atoms. The van der Waals surface area contributed by atoms with Gasteiger partial charge in [0, 0.05) is 48.0 Å². The molecule has 1 aliphatic carbocycles. The largest absolute Gasteiger partial charge is 0.484 e. The number of rotatable bonds is 7. The molecule has 2 aliphatic rings. The van der Waals surface area contributed by atoms with Gasteiger partial charge in [0.1, 0.15) is 23.0 Å². The molecule has 0 saturated carbocycles. The maximum Gasteiger partial charge on any atom is 0.137 e. The zero-order chi connectivity index (χ0) is 42.1. The van der Waals surface area contributed by atoms with E-state index < -0.39 is 0 Å². The van der Waals surface area contributed by atoms with Crippen LogP contribution in [0.15, 0.2) is 235 Å². The Labute approximate surface area is 375 Å². The van der Waals surface area contributed by atoms with Gasteiger partial charge in [0.2, 0.25) is 0 Å². The lowest BCUT2D eigenvalue weighted by molar-refractivity contribution is 0.265. The Morgan fingerprint density at radius 1 is 0.453 bits per heavy atom. The zero-order valence-electron chi connectivity index (χ0n) is 34.7. The molecule has 2 aromatic heterocycles. The first-order valence-corrected chi connectivity index (χ1v) is 22.7. The lowest BCUT2D eigenvalue weighted by atomic mass is 9.81. The smallest absolute Gasteiger partial charge is 0.137 e. The van der Waals surface area contributed by atoms with E-state index in [-0.39, 0.29) is 12.0 Å². The molecule has 11 aromatic rings. The third kappa shape index (κ3) is 5.80. The maximum atomic E-state index is 7.19. The van der Waals surface area contributed by atoms with Gasteiger partial charge in [-0.3, -0.25) is 0 Å². The second-order valence-electron chi connectivity index (χ2n) is 16.6. The molecule has 4 heteroatoms. The average Bonchev–Trinajstić information content (AvgIpc) is 4.07. The van der Waals surface area contributed by atoms with Gasteiger partial charge in [-0.25, -0.2) is 0 Å². The number of fused-ring (bicyclic) bond motifs is 9. The molecule has 3 heterocycles. The van der Waals surface area contributed by atoms with E-state index >= 15 is 0 Å². The second-order valence-corrected chi connectivity index (χ2v) is 17.7. The second kappa shape index (κ2) is 14.9. The molecule has 13 rings (SSSR count). The number of hydrogen-bond donors (Lipinski definition) is 0. The van der Waals surface area contributed by atoms with Crippen LogP contribution >= 0.6 is 11.3 Å². The van der Waals surface area contributed by atoms with Crippen LogP contribution < -0.4 is 9.64 Å². The summed E-state index contributed by atoms with van der Waals surface area (Å²) < 4.78 is 16.4. The maximum absolute atomic E-state index is 7.19. The monoisotopic (exact) mass is 837 g/mol. The zero-order valence-corrected chi connectivity index (χ0v) is 35.5. The highest BCUT2D eigenvalue weighted by atomic mass is 32.1. The van der Waals surface area contributed by atoms with Gasteiger partial charge in [-0.05, 0) is 69.8 Å². The quantitative estimate of drug-likeness (QED) is 0.160. The van der Waals surface area contributed by atoms with Gasteiger partial charge >= 0.3 is 0 Å². The molecule has 0 spiro atoms. The Balaban J connectivity index is 1.16. The SMILES string of the molecule is C1=CC2Oc3c(-c4ccccc4)cccc3C2C(N(c2cccc3oc4ccccc4c23)c2ccc(-c3ccccc3)c3sc4cc(-c5ccccc5)ccc4c23)=C1c1ccccc1. The molecular formula is C60H39NO2S. The Morgan fingerprint density at radius 3 is 1.86 bits per heavy atom. The lowest BCUT2D eigenvalue weighted by Crippen LogP contribution is -2.31. The first-order valence-electron chi connectivity index (χ1n) is 21.9. The highest BCUT2D eigenvalue weighted by Crippen LogP contribution is 2.57. The Hall–Kier alpha value is -7.92. The minimum Gasteiger partial charge on any atom is -0.484 e. The normalized spacial score (nSPS) is 15.5. The fraction of sp³-hybridized carbons (Fsp3) is 0.0333. The number of thiophene rings is 1. The van der Waals surface area contributed by atoms with Crippen LogP contribution in [0.4, 0.5) is 11.4 Å². The van der Waals surface area contributed by atoms with Crippen LogP contribution in [0.3, 0.4) is 0 Å². The fourth-order valence-electron chi connectivity index (χ4n) is 10.2. The van der Waals surface area contributed by atoms with Crippen LogP contribution in [0.2, 0.25) is 0 Å². The molecule has 2 unspecified atom stereocenters. The minimum absolute atomic E-state index is 0.147. The van der Waals surface area contributed by atoms with Gasteiger partial charge < -0.3 is 14.1 Å². The van der Waals surface area contributed by atoms with E-state index in [4.69, 9.17) is 9.15 Å². The Kier molecular flexibility index (Phi) is 8.53. The van der Waals surface area contributed by atoms with Gasteiger partial charge in [0.15, 0.2) is 0 Å². The molecule has 9 aromatic carbocycles. The fourth-order valence-corrected chi connectivity index (χ4v) is 11.5. The Morgan fingerprint density at radius 2 is 1.09 bits per heavy atom. The highest BCUT2D eigenvalue weighted by molar-refractivity contribution is 7.26. The molecule has 0 radical (unpaired) electrons. The topological polar surface area (TPSA) is 25.6 Å². The van der Waals surface area contributed by atoms with Crippen LogP contribution in [0.25, 0.3) is 81.1 Å². The van der Waals surface area contributed by atoms with Crippen molar-refractivity contribution in [2.24, 2.45) is 0 Å². The number of benzene rings is 9. The molecule has 302 valence electrons. The van der Waals surface area contributed by atoms with Crippen molar-refractivity contribution in [1.29, 1.82) is 0 Å². The summed E-state index contributed by atoms with van der Waals surface area (Å²) in [7, 11) is 0. The molecule has 0 N–H and O–H groups in total. The lowest BCUT2D eigenvalue weighted by Gasteiger charge is -2.37. The summed E-state index contributed by atoms with van der Waals surface area (Å²) in [5.41, 5.74) is 15.6. The molecule has 3 nitrogen and oxygen atoms in total. The molecular weight excluding hydrogens is 799 g/mol. The van der Waals surface area contributed by atoms with Crippen molar-refractivity contribution in [1.82, 2.24) is 0 Å². The van der Waals surface area contributed by atoms with Crippen LogP contribution in [-0.4, -0.2) is 6.10 Å². The number of hydrogen-bond acceptors (Lipinski definition) is 4. The summed E-state index contributed by atoms with van der Waals surface area (Å²) in [6.45, 7) is 0. The molecule has 2 atom stereocenters. The Bertz CT molecular complexity index is 3640. The third-order valence-corrected chi connectivity index (χ3v) is 14.2. The summed E-state index contributed by atoms with van der Waals surface area (Å²) in [6.07, 6.45) is 4.33. The van der Waals surface area contributed by atoms with E-state index in [9.17, 15) is 0 Å². The van der Waals surface area contributed by atoms with Crippen molar-refractivity contribution in [3.63, 3.8) is 0 Å². The van der Waals surface area contributed by atoms with Gasteiger partial charge in [0.05, 0.1) is 22.7 Å². The van der Waals surface area contributed by atoms with Crippen molar-refractivity contribution in [2.45, 2.75) is 12.0 Å². The van der Waals surface area contributed by atoms with Gasteiger partial charge in [-0.1, -0.05) is 188 Å². The number of allylic oxidation sites excluding steroid dienone is 2. The van der Waals surface area contributed by atoms with E-state index in [2.05, 4.69) is 229 Å². The minimum atomic E-state index is -0.239. The van der Waals surface area contributed by atoms with Crippen molar-refractivity contribution in [3.8, 4) is 39.1 Å². The van der Waals surface area contributed by atoms with Crippen LogP contribution in [-0.2, 0) is 0 Å². The molecule has 0 bridgehead atoms. The van der Waals surface area contributed by atoms with Gasteiger partial charge in [-0.15, -0.1) is 11.3 Å². The van der Waals surface area contributed by atoms with Crippen molar-refractivity contribution < 1.29 is 9.15 Å². The summed E-state index contributed by atoms with van der Waals surface area (Å²) in [6, 6.07) is 76.4. The van der Waals surface area contributed by atoms with Crippen LogP contribution in [0, 0.1) is 0 Å². The number of nitrogens with zero attached hydrogens (tertiary/aromatic N) is 1. The van der Waals surface area contributed by atoms with E-state index in [0.717, 1.165) is 67.0 Å². The number of para-hydroxylation sites is 2. The first kappa shape index (κ1) is 36.7. The summed E-state index contributed by atoms with van der Waals surface area (Å²) in [5.74, 6) is 0.789. The van der Waals surface area contributed by atoms with Crippen molar-refractivity contribution in [2.75, 3.05) is 4.90 Å². The number of furan rings is 1. The molecule has 0 amide bonds. The van der Waals surface area contributed by atoms with Crippen molar-refractivity contribution in [3.05, 3.63) is 241 Å². The summed E-state index contributed by atoms with van der Waals surface area (Å²) >= 11 is 1.88. The van der Waals surface area contributed by atoms with Crippen LogP contribution in [0.5, 0.6) is 5.75 Å². The molecule has 0 saturated heterocycles. The predicted molar refractivity (Wildman–Crippen MR) is 268 cm³/mol. The van der Waals surface area contributed by atoms with E-state index in [1.807, 2.05) is 11.3 Å². The number of anilines is 2. The molecule has 0 fully saturated rings. The predicted octanol–water partition coefficient (Wildman–Crippen LogP) is 16.6. The summed E-state index contributed by atoms with van der Waals surface area (Å²) in [4.78, 5) is 2.58. The number of ether oxygens (including phenoxy) is 1. The van der Waals surface area contributed by atoms with E-state index in [1.54, 1.807) is 0 Å². The van der Waals surface area contributed by atoms with E-state index in [0.29, 0.717) is 0 Å². The van der Waals surface area contributed by atoms with Gasteiger partial charge in [0.25, 0.3) is 0 Å². The van der Waals surface area contributed by atoms with Crippen LogP contribution in [0.1, 0.15) is 17.0 Å². The summed E-state index contributed by atoms with van der Waals surface area (Å²) in [5, 5.41) is 4.60. The molecule has 1 aliphatic heterocycles. The highest BCUT2D eigenvalue weighted by Gasteiger charge is 2.44. The standard InChI is InChI=1S/C60H39NO2S/c1-5-17-38(18-6-1)42-31-32-47-54(37-42)64-60-45(41-23-11-4-12-24-41)33-35-50(56(47)60)61(49-28-16-30-52-55(49)46-25-13-14-29-51(46)62-52)58-43(39-19-7-2-8-20-39)34-36-53-57(58)48-27-15-26-44(59(48)63-53)40-21-9-3-10-22-40/h1-37,53,57H. The average molecular weight is 838 g/mol.